The lowest BCUT2D eigenvalue weighted by molar-refractivity contribution is 0.0299. The molecule has 1 aliphatic carbocycles. The highest BCUT2D eigenvalue weighted by atomic mass is 19.1. The summed E-state index contributed by atoms with van der Waals surface area (Å²) < 4.78 is 13.2. The highest BCUT2D eigenvalue weighted by molar-refractivity contribution is 5.21. The Balaban J connectivity index is 2.23. The van der Waals surface area contributed by atoms with Crippen LogP contribution >= 0.6 is 0 Å². The third-order valence-corrected chi connectivity index (χ3v) is 4.47. The van der Waals surface area contributed by atoms with Crippen LogP contribution in [0, 0.1) is 17.2 Å². The third-order valence-electron chi connectivity index (χ3n) is 4.47. The van der Waals surface area contributed by atoms with Gasteiger partial charge in [0.25, 0.3) is 0 Å². The molecule has 0 radical (unpaired) electrons. The number of nitrogens with two attached hydrogens (primary N) is 1. The first-order valence-corrected chi connectivity index (χ1v) is 6.75. The monoisotopic (exact) mass is 251 g/mol. The van der Waals surface area contributed by atoms with E-state index in [0.29, 0.717) is 18.0 Å². The van der Waals surface area contributed by atoms with Gasteiger partial charge >= 0.3 is 0 Å². The normalized spacial score (nSPS) is 29.4. The molecule has 3 unspecified atom stereocenters. The van der Waals surface area contributed by atoms with Gasteiger partial charge in [-0.1, -0.05) is 25.5 Å². The molecule has 1 saturated carbocycles. The van der Waals surface area contributed by atoms with Crippen molar-refractivity contribution in [3.05, 3.63) is 35.6 Å². The van der Waals surface area contributed by atoms with E-state index in [1.54, 1.807) is 12.1 Å². The van der Waals surface area contributed by atoms with Gasteiger partial charge in [0.2, 0.25) is 0 Å². The number of benzene rings is 1. The van der Waals surface area contributed by atoms with E-state index in [4.69, 9.17) is 5.73 Å². The standard InChI is InChI=1S/C15H22FNO/c1-2-11-6-7-15(9-11,10-17)14(18)12-4-3-5-13(16)8-12/h3-5,8,11,14,18H,2,6-7,9-10,17H2,1H3. The summed E-state index contributed by atoms with van der Waals surface area (Å²) in [6.07, 6.45) is 3.45. The van der Waals surface area contributed by atoms with Crippen molar-refractivity contribution in [2.24, 2.45) is 17.1 Å². The van der Waals surface area contributed by atoms with Crippen LogP contribution in [0.1, 0.15) is 44.3 Å². The summed E-state index contributed by atoms with van der Waals surface area (Å²) in [6, 6.07) is 6.24. The molecule has 1 aromatic rings. The van der Waals surface area contributed by atoms with Crippen LogP contribution < -0.4 is 5.73 Å². The number of aliphatic hydroxyl groups excluding tert-OH is 1. The molecule has 0 spiro atoms. The van der Waals surface area contributed by atoms with Crippen LogP contribution in [0.2, 0.25) is 0 Å². The zero-order chi connectivity index (χ0) is 13.2. The first kappa shape index (κ1) is 13.5. The Morgan fingerprint density at radius 1 is 1.56 bits per heavy atom. The second kappa shape index (κ2) is 5.37. The predicted molar refractivity (Wildman–Crippen MR) is 70.5 cm³/mol. The van der Waals surface area contributed by atoms with Crippen molar-refractivity contribution in [1.29, 1.82) is 0 Å². The number of hydrogen-bond acceptors (Lipinski definition) is 2. The van der Waals surface area contributed by atoms with Crippen LogP contribution in [0.15, 0.2) is 24.3 Å². The lowest BCUT2D eigenvalue weighted by atomic mass is 9.76. The molecule has 0 heterocycles. The SMILES string of the molecule is CCC1CCC(CN)(C(O)c2cccc(F)c2)C1. The van der Waals surface area contributed by atoms with E-state index in [9.17, 15) is 9.50 Å². The van der Waals surface area contributed by atoms with Gasteiger partial charge in [-0.05, 0) is 42.9 Å². The van der Waals surface area contributed by atoms with E-state index in [1.165, 1.54) is 12.1 Å². The quantitative estimate of drug-likeness (QED) is 0.864. The molecule has 1 fully saturated rings. The number of halogens is 1. The summed E-state index contributed by atoms with van der Waals surface area (Å²) in [5, 5.41) is 10.6. The van der Waals surface area contributed by atoms with Crippen molar-refractivity contribution in [3.8, 4) is 0 Å². The zero-order valence-electron chi connectivity index (χ0n) is 10.9. The minimum absolute atomic E-state index is 0.269. The molecule has 0 bridgehead atoms. The molecule has 0 aromatic heterocycles. The molecule has 3 atom stereocenters. The molecule has 0 amide bonds. The van der Waals surface area contributed by atoms with E-state index in [-0.39, 0.29) is 11.2 Å². The number of hydrogen-bond donors (Lipinski definition) is 2. The summed E-state index contributed by atoms with van der Waals surface area (Å²) in [6.45, 7) is 2.63. The van der Waals surface area contributed by atoms with Crippen molar-refractivity contribution >= 4 is 0 Å². The smallest absolute Gasteiger partial charge is 0.123 e. The van der Waals surface area contributed by atoms with Gasteiger partial charge in [-0.25, -0.2) is 4.39 Å². The maximum absolute atomic E-state index is 13.2. The maximum atomic E-state index is 13.2. The second-order valence-electron chi connectivity index (χ2n) is 5.54. The van der Waals surface area contributed by atoms with Gasteiger partial charge in [-0.15, -0.1) is 0 Å². The third kappa shape index (κ3) is 2.43. The van der Waals surface area contributed by atoms with Crippen molar-refractivity contribution in [2.75, 3.05) is 6.54 Å². The molecule has 100 valence electrons. The Morgan fingerprint density at radius 2 is 2.33 bits per heavy atom. The van der Waals surface area contributed by atoms with E-state index in [2.05, 4.69) is 6.92 Å². The van der Waals surface area contributed by atoms with E-state index in [0.717, 1.165) is 25.7 Å². The van der Waals surface area contributed by atoms with Crippen LogP contribution in [0.5, 0.6) is 0 Å². The van der Waals surface area contributed by atoms with Gasteiger partial charge in [0.05, 0.1) is 6.10 Å². The lowest BCUT2D eigenvalue weighted by Crippen LogP contribution is -2.34. The van der Waals surface area contributed by atoms with Crippen LogP contribution in [-0.4, -0.2) is 11.7 Å². The molecule has 1 aliphatic rings. The summed E-state index contributed by atoms with van der Waals surface area (Å²) in [7, 11) is 0. The maximum Gasteiger partial charge on any atom is 0.123 e. The second-order valence-corrected chi connectivity index (χ2v) is 5.54. The largest absolute Gasteiger partial charge is 0.388 e. The molecule has 3 N–H and O–H groups in total. The topological polar surface area (TPSA) is 46.2 Å². The molecule has 0 aliphatic heterocycles. The van der Waals surface area contributed by atoms with Crippen LogP contribution in [0.3, 0.4) is 0 Å². The van der Waals surface area contributed by atoms with Crippen molar-refractivity contribution in [1.82, 2.24) is 0 Å². The molecule has 18 heavy (non-hydrogen) atoms. The lowest BCUT2D eigenvalue weighted by Gasteiger charge is -2.33. The molecule has 2 nitrogen and oxygen atoms in total. The average Bonchev–Trinajstić information content (AvgIpc) is 2.83. The zero-order valence-corrected chi connectivity index (χ0v) is 10.9. The Bertz CT molecular complexity index is 409. The molecule has 1 aromatic carbocycles. The van der Waals surface area contributed by atoms with Gasteiger partial charge in [-0.3, -0.25) is 0 Å². The summed E-state index contributed by atoms with van der Waals surface area (Å²) in [5.41, 5.74) is 6.29. The van der Waals surface area contributed by atoms with E-state index >= 15 is 0 Å². The van der Waals surface area contributed by atoms with Crippen molar-refractivity contribution in [2.45, 2.75) is 38.7 Å². The molecular weight excluding hydrogens is 229 g/mol. The van der Waals surface area contributed by atoms with Crippen LogP contribution in [0.25, 0.3) is 0 Å². The predicted octanol–water partition coefficient (Wildman–Crippen LogP) is 3.01. The van der Waals surface area contributed by atoms with Gasteiger partial charge in [0.15, 0.2) is 0 Å². The molecule has 0 saturated heterocycles. The summed E-state index contributed by atoms with van der Waals surface area (Å²) >= 11 is 0. The van der Waals surface area contributed by atoms with E-state index in [1.807, 2.05) is 0 Å². The minimum atomic E-state index is -0.658. The number of rotatable bonds is 4. The van der Waals surface area contributed by atoms with Gasteiger partial charge in [0, 0.05) is 12.0 Å². The van der Waals surface area contributed by atoms with Crippen molar-refractivity contribution in [3.63, 3.8) is 0 Å². The highest BCUT2D eigenvalue weighted by Crippen LogP contribution is 2.50. The Hall–Kier alpha value is -0.930. The van der Waals surface area contributed by atoms with Gasteiger partial charge in [-0.2, -0.15) is 0 Å². The van der Waals surface area contributed by atoms with E-state index < -0.39 is 6.10 Å². The van der Waals surface area contributed by atoms with Crippen LogP contribution in [0.4, 0.5) is 4.39 Å². The Kier molecular flexibility index (Phi) is 4.03. The fourth-order valence-electron chi connectivity index (χ4n) is 3.19. The minimum Gasteiger partial charge on any atom is -0.388 e. The number of aliphatic hydroxyl groups is 1. The van der Waals surface area contributed by atoms with Gasteiger partial charge < -0.3 is 10.8 Å². The summed E-state index contributed by atoms with van der Waals surface area (Å²) in [4.78, 5) is 0. The first-order valence-electron chi connectivity index (χ1n) is 6.75. The molecule has 3 heteroatoms. The van der Waals surface area contributed by atoms with Gasteiger partial charge in [0.1, 0.15) is 5.82 Å². The molecule has 2 rings (SSSR count). The van der Waals surface area contributed by atoms with Crippen molar-refractivity contribution < 1.29 is 9.50 Å². The Labute approximate surface area is 108 Å². The molecular formula is C15H22FNO. The Morgan fingerprint density at radius 3 is 2.89 bits per heavy atom. The average molecular weight is 251 g/mol. The highest BCUT2D eigenvalue weighted by Gasteiger charge is 2.43. The fourth-order valence-corrected chi connectivity index (χ4v) is 3.19. The van der Waals surface area contributed by atoms with Crippen LogP contribution in [-0.2, 0) is 0 Å². The fraction of sp³-hybridized carbons (Fsp3) is 0.600. The first-order chi connectivity index (χ1) is 8.61. The summed E-state index contributed by atoms with van der Waals surface area (Å²) in [5.74, 6) is 0.334.